The van der Waals surface area contributed by atoms with Gasteiger partial charge in [0.25, 0.3) is 0 Å². The molecule has 0 spiro atoms. The van der Waals surface area contributed by atoms with E-state index in [-0.39, 0.29) is 11.3 Å². The predicted octanol–water partition coefficient (Wildman–Crippen LogP) is 5.36. The molecular weight excluding hydrogens is 504 g/mol. The van der Waals surface area contributed by atoms with Crippen molar-refractivity contribution in [2.75, 3.05) is 0 Å². The number of amides is 1. The summed E-state index contributed by atoms with van der Waals surface area (Å²) in [6, 6.07) is 21.0. The SMILES string of the molecule is O=C(CCc1ccc(Cn2cccn2)cc1C#CCCCc1ccccc1)NS(=O)c1ccc(F)c(F)c1. The van der Waals surface area contributed by atoms with E-state index in [4.69, 9.17) is 0 Å². The molecule has 0 radical (unpaired) electrons. The smallest absolute Gasteiger partial charge is 0.232 e. The first kappa shape index (κ1) is 27.0. The van der Waals surface area contributed by atoms with E-state index in [0.717, 1.165) is 48.1 Å². The zero-order valence-corrected chi connectivity index (χ0v) is 21.5. The highest BCUT2D eigenvalue weighted by molar-refractivity contribution is 7.83. The summed E-state index contributed by atoms with van der Waals surface area (Å²) in [6.45, 7) is 0.601. The van der Waals surface area contributed by atoms with E-state index < -0.39 is 28.5 Å². The molecule has 1 heterocycles. The summed E-state index contributed by atoms with van der Waals surface area (Å²) < 4.78 is 43.1. The summed E-state index contributed by atoms with van der Waals surface area (Å²) >= 11 is 0. The molecule has 1 aromatic heterocycles. The third-order valence-corrected chi connectivity index (χ3v) is 6.94. The molecule has 0 aliphatic rings. The maximum absolute atomic E-state index is 13.4. The van der Waals surface area contributed by atoms with E-state index in [1.54, 1.807) is 6.20 Å². The van der Waals surface area contributed by atoms with Crippen LogP contribution in [-0.2, 0) is 35.2 Å². The highest BCUT2D eigenvalue weighted by Crippen LogP contribution is 2.16. The maximum Gasteiger partial charge on any atom is 0.232 e. The van der Waals surface area contributed by atoms with Crippen molar-refractivity contribution < 1.29 is 17.8 Å². The highest BCUT2D eigenvalue weighted by Gasteiger charge is 2.13. The summed E-state index contributed by atoms with van der Waals surface area (Å²) in [4.78, 5) is 12.4. The third kappa shape index (κ3) is 7.95. The molecule has 4 rings (SSSR count). The number of carbonyl (C=O) groups excluding carboxylic acids is 1. The topological polar surface area (TPSA) is 64.0 Å². The third-order valence-electron chi connectivity index (χ3n) is 5.84. The Bertz CT molecular complexity index is 1460. The monoisotopic (exact) mass is 531 g/mol. The molecule has 8 heteroatoms. The lowest BCUT2D eigenvalue weighted by molar-refractivity contribution is -0.119. The van der Waals surface area contributed by atoms with Crippen LogP contribution in [0.25, 0.3) is 0 Å². The number of carbonyl (C=O) groups is 1. The Labute approximate surface area is 223 Å². The van der Waals surface area contributed by atoms with E-state index in [2.05, 4.69) is 33.8 Å². The standard InChI is InChI=1S/C30H27F2N3O2S/c31-28-16-15-27(21-29(28)32)38(37)34-30(36)17-14-25-13-12-24(22-35-19-7-18-33-35)20-26(25)11-6-2-5-10-23-8-3-1-4-9-23/h1,3-4,7-9,12-13,15-16,18-21H,2,5,10,14,17,22H2,(H,34,36). The molecule has 1 amide bonds. The molecular formula is C30H27F2N3O2S. The van der Waals surface area contributed by atoms with Crippen LogP contribution in [0.1, 0.15) is 41.5 Å². The average Bonchev–Trinajstić information content (AvgIpc) is 3.43. The number of hydrogen-bond donors (Lipinski definition) is 1. The first-order valence-corrected chi connectivity index (χ1v) is 13.4. The van der Waals surface area contributed by atoms with Crippen molar-refractivity contribution in [1.29, 1.82) is 0 Å². The molecule has 1 unspecified atom stereocenters. The molecule has 4 aromatic rings. The van der Waals surface area contributed by atoms with Crippen LogP contribution in [0, 0.1) is 23.5 Å². The molecule has 0 aliphatic heterocycles. The lowest BCUT2D eigenvalue weighted by atomic mass is 9.99. The number of hydrogen-bond acceptors (Lipinski definition) is 3. The fourth-order valence-corrected chi connectivity index (χ4v) is 4.70. The highest BCUT2D eigenvalue weighted by atomic mass is 32.2. The Morgan fingerprint density at radius 2 is 1.79 bits per heavy atom. The summed E-state index contributed by atoms with van der Waals surface area (Å²) in [5, 5.41) is 4.26. The maximum atomic E-state index is 13.4. The molecule has 38 heavy (non-hydrogen) atoms. The number of aryl methyl sites for hydroxylation is 2. The molecule has 3 aromatic carbocycles. The van der Waals surface area contributed by atoms with E-state index in [9.17, 15) is 17.8 Å². The fraction of sp³-hybridized carbons (Fsp3) is 0.200. The zero-order valence-electron chi connectivity index (χ0n) is 20.7. The van der Waals surface area contributed by atoms with Gasteiger partial charge in [-0.3, -0.25) is 14.2 Å². The minimum Gasteiger partial charge on any atom is -0.274 e. The average molecular weight is 532 g/mol. The van der Waals surface area contributed by atoms with Gasteiger partial charge in [-0.05, 0) is 66.3 Å². The number of unbranched alkanes of at least 4 members (excludes halogenated alkanes) is 1. The number of aromatic nitrogens is 2. The van der Waals surface area contributed by atoms with Gasteiger partial charge in [0.15, 0.2) is 22.6 Å². The number of rotatable bonds is 10. The molecule has 0 aliphatic carbocycles. The van der Waals surface area contributed by atoms with Crippen molar-refractivity contribution >= 4 is 16.9 Å². The molecule has 194 valence electrons. The number of halogens is 2. The molecule has 1 N–H and O–H groups in total. The van der Waals surface area contributed by atoms with Gasteiger partial charge in [0.2, 0.25) is 5.91 Å². The normalized spacial score (nSPS) is 11.4. The van der Waals surface area contributed by atoms with Gasteiger partial charge in [0.05, 0.1) is 11.4 Å². The molecule has 5 nitrogen and oxygen atoms in total. The van der Waals surface area contributed by atoms with Crippen molar-refractivity contribution in [1.82, 2.24) is 14.5 Å². The minimum absolute atomic E-state index is 0.0118. The largest absolute Gasteiger partial charge is 0.274 e. The quantitative estimate of drug-likeness (QED) is 0.222. The van der Waals surface area contributed by atoms with E-state index in [0.29, 0.717) is 13.0 Å². The molecule has 0 saturated heterocycles. The van der Waals surface area contributed by atoms with Gasteiger partial charge in [-0.1, -0.05) is 54.3 Å². The second-order valence-electron chi connectivity index (χ2n) is 8.71. The Balaban J connectivity index is 1.40. The Morgan fingerprint density at radius 3 is 2.55 bits per heavy atom. The van der Waals surface area contributed by atoms with Crippen LogP contribution in [0.5, 0.6) is 0 Å². The number of nitrogens with one attached hydrogen (secondary N) is 1. The van der Waals surface area contributed by atoms with Crippen molar-refractivity contribution in [2.24, 2.45) is 0 Å². The van der Waals surface area contributed by atoms with Crippen LogP contribution in [0.4, 0.5) is 8.78 Å². The van der Waals surface area contributed by atoms with Gasteiger partial charge in [-0.25, -0.2) is 13.0 Å². The molecule has 0 fully saturated rings. The van der Waals surface area contributed by atoms with Gasteiger partial charge in [-0.15, -0.1) is 0 Å². The van der Waals surface area contributed by atoms with Crippen LogP contribution in [0.15, 0.2) is 90.1 Å². The molecule has 0 saturated carbocycles. The van der Waals surface area contributed by atoms with E-state index in [1.807, 2.05) is 53.3 Å². The predicted molar refractivity (Wildman–Crippen MR) is 143 cm³/mol. The van der Waals surface area contributed by atoms with Gasteiger partial charge in [0, 0.05) is 30.8 Å². The van der Waals surface area contributed by atoms with E-state index in [1.165, 1.54) is 11.6 Å². The summed E-state index contributed by atoms with van der Waals surface area (Å²) in [7, 11) is -1.98. The second-order valence-corrected chi connectivity index (χ2v) is 9.92. The fourth-order valence-electron chi connectivity index (χ4n) is 3.87. The Morgan fingerprint density at radius 1 is 0.947 bits per heavy atom. The zero-order chi connectivity index (χ0) is 26.7. The second kappa shape index (κ2) is 13.5. The van der Waals surface area contributed by atoms with Gasteiger partial charge in [-0.2, -0.15) is 5.10 Å². The lowest BCUT2D eigenvalue weighted by Gasteiger charge is -2.09. The van der Waals surface area contributed by atoms with Crippen LogP contribution in [-0.4, -0.2) is 19.9 Å². The first-order valence-electron chi connectivity index (χ1n) is 12.3. The van der Waals surface area contributed by atoms with Crippen molar-refractivity contribution in [3.05, 3.63) is 119 Å². The van der Waals surface area contributed by atoms with Gasteiger partial charge < -0.3 is 0 Å². The summed E-state index contributed by atoms with van der Waals surface area (Å²) in [5.74, 6) is 3.91. The minimum atomic E-state index is -1.98. The number of nitrogens with zero attached hydrogens (tertiary/aromatic N) is 2. The lowest BCUT2D eigenvalue weighted by Crippen LogP contribution is -2.26. The molecule has 1 atom stereocenters. The summed E-state index contributed by atoms with van der Waals surface area (Å²) in [6.07, 6.45) is 6.71. The Hall–Kier alpha value is -4.09. The van der Waals surface area contributed by atoms with Crippen molar-refractivity contribution in [3.8, 4) is 11.8 Å². The van der Waals surface area contributed by atoms with Gasteiger partial charge >= 0.3 is 0 Å². The van der Waals surface area contributed by atoms with Crippen LogP contribution < -0.4 is 4.72 Å². The van der Waals surface area contributed by atoms with Crippen molar-refractivity contribution in [3.63, 3.8) is 0 Å². The van der Waals surface area contributed by atoms with Crippen molar-refractivity contribution in [2.45, 2.75) is 43.5 Å². The van der Waals surface area contributed by atoms with Crippen LogP contribution in [0.3, 0.4) is 0 Å². The van der Waals surface area contributed by atoms with Gasteiger partial charge in [0.1, 0.15) is 0 Å². The summed E-state index contributed by atoms with van der Waals surface area (Å²) in [5.41, 5.74) is 4.06. The van der Waals surface area contributed by atoms with E-state index >= 15 is 0 Å². The number of benzene rings is 3. The first-order chi connectivity index (χ1) is 18.5. The van der Waals surface area contributed by atoms with Crippen LogP contribution in [0.2, 0.25) is 0 Å². The molecule has 0 bridgehead atoms. The van der Waals surface area contributed by atoms with Crippen LogP contribution >= 0.6 is 0 Å². The Kier molecular flexibility index (Phi) is 9.54.